The van der Waals surface area contributed by atoms with Crippen molar-refractivity contribution in [2.24, 2.45) is 0 Å². The van der Waals surface area contributed by atoms with Crippen LogP contribution in [0.5, 0.6) is 0 Å². The Hall–Kier alpha value is -3.61. The molecule has 0 bridgehead atoms. The van der Waals surface area contributed by atoms with Crippen molar-refractivity contribution in [1.29, 1.82) is 0 Å². The van der Waals surface area contributed by atoms with Crippen LogP contribution in [0, 0.1) is 5.82 Å². The van der Waals surface area contributed by atoms with E-state index in [1.165, 1.54) is 24.4 Å². The number of amides is 2. The van der Waals surface area contributed by atoms with Crippen LogP contribution in [0.15, 0.2) is 67.0 Å². The quantitative estimate of drug-likeness (QED) is 0.662. The number of benzene rings is 1. The largest absolute Gasteiger partial charge is 0.352 e. The zero-order valence-electron chi connectivity index (χ0n) is 15.1. The van der Waals surface area contributed by atoms with Gasteiger partial charge >= 0.3 is 0 Å². The van der Waals surface area contributed by atoms with Crippen molar-refractivity contribution in [3.8, 4) is 0 Å². The van der Waals surface area contributed by atoms with Crippen LogP contribution in [0.2, 0.25) is 0 Å². The lowest BCUT2D eigenvalue weighted by molar-refractivity contribution is 0.0945. The van der Waals surface area contributed by atoms with Crippen LogP contribution < -0.4 is 10.6 Å². The van der Waals surface area contributed by atoms with Crippen molar-refractivity contribution >= 4 is 11.8 Å². The van der Waals surface area contributed by atoms with Gasteiger partial charge in [-0.05, 0) is 42.3 Å². The Kier molecular flexibility index (Phi) is 6.41. The van der Waals surface area contributed by atoms with E-state index in [-0.39, 0.29) is 30.5 Å². The summed E-state index contributed by atoms with van der Waals surface area (Å²) in [6.45, 7) is 0.545. The average Bonchev–Trinajstić information content (AvgIpc) is 2.74. The maximum absolute atomic E-state index is 13.6. The molecule has 3 rings (SSSR count). The molecule has 6 nitrogen and oxygen atoms in total. The number of nitrogens with one attached hydrogen (secondary N) is 2. The summed E-state index contributed by atoms with van der Waals surface area (Å²) in [6, 6.07) is 14.8. The summed E-state index contributed by atoms with van der Waals surface area (Å²) in [4.78, 5) is 32.7. The molecule has 0 aliphatic carbocycles. The molecule has 2 N–H and O–H groups in total. The third-order valence-corrected chi connectivity index (χ3v) is 4.05. The second-order valence-electron chi connectivity index (χ2n) is 6.03. The van der Waals surface area contributed by atoms with Gasteiger partial charge in [-0.3, -0.25) is 19.6 Å². The zero-order valence-corrected chi connectivity index (χ0v) is 15.1. The van der Waals surface area contributed by atoms with E-state index in [2.05, 4.69) is 20.6 Å². The standard InChI is InChI=1S/C21H19FN4O2/c22-18-7-2-1-5-15(18)8-12-25-20(27)16-9-11-24-19(13-16)21(28)26-14-17-6-3-4-10-23-17/h1-7,9-11,13H,8,12,14H2,(H,25,27)(H,26,28). The molecule has 28 heavy (non-hydrogen) atoms. The summed E-state index contributed by atoms with van der Waals surface area (Å²) in [5.74, 6) is -1.04. The molecule has 142 valence electrons. The van der Waals surface area contributed by atoms with Crippen LogP contribution in [-0.2, 0) is 13.0 Å². The van der Waals surface area contributed by atoms with Crippen LogP contribution in [0.25, 0.3) is 0 Å². The molecule has 1 aromatic carbocycles. The van der Waals surface area contributed by atoms with Gasteiger partial charge in [0.25, 0.3) is 11.8 Å². The highest BCUT2D eigenvalue weighted by molar-refractivity contribution is 5.98. The van der Waals surface area contributed by atoms with Gasteiger partial charge in [0.1, 0.15) is 11.5 Å². The molecule has 0 fully saturated rings. The Morgan fingerprint density at radius 1 is 0.893 bits per heavy atom. The lowest BCUT2D eigenvalue weighted by atomic mass is 10.1. The highest BCUT2D eigenvalue weighted by Gasteiger charge is 2.12. The first kappa shape index (κ1) is 19.2. The first-order valence-corrected chi connectivity index (χ1v) is 8.79. The first-order chi connectivity index (χ1) is 13.6. The maximum atomic E-state index is 13.6. The SMILES string of the molecule is O=C(NCCc1ccccc1F)c1ccnc(C(=O)NCc2ccccn2)c1. The Labute approximate surface area is 161 Å². The third-order valence-electron chi connectivity index (χ3n) is 4.05. The summed E-state index contributed by atoms with van der Waals surface area (Å²) in [6.07, 6.45) is 3.42. The fraction of sp³-hybridized carbons (Fsp3) is 0.143. The summed E-state index contributed by atoms with van der Waals surface area (Å²) in [5.41, 5.74) is 1.70. The van der Waals surface area contributed by atoms with Crippen molar-refractivity contribution < 1.29 is 14.0 Å². The van der Waals surface area contributed by atoms with E-state index in [1.807, 2.05) is 6.07 Å². The minimum Gasteiger partial charge on any atom is -0.352 e. The number of carbonyl (C=O) groups excluding carboxylic acids is 2. The molecule has 0 aliphatic heterocycles. The molecule has 0 spiro atoms. The third kappa shape index (κ3) is 5.20. The minimum absolute atomic E-state index is 0.137. The number of aromatic nitrogens is 2. The van der Waals surface area contributed by atoms with Gasteiger partial charge < -0.3 is 10.6 Å². The summed E-state index contributed by atoms with van der Waals surface area (Å²) < 4.78 is 13.6. The van der Waals surface area contributed by atoms with Gasteiger partial charge in [-0.1, -0.05) is 24.3 Å². The van der Waals surface area contributed by atoms with E-state index in [0.29, 0.717) is 17.5 Å². The first-order valence-electron chi connectivity index (χ1n) is 8.79. The molecule has 7 heteroatoms. The second-order valence-corrected chi connectivity index (χ2v) is 6.03. The monoisotopic (exact) mass is 378 g/mol. The highest BCUT2D eigenvalue weighted by atomic mass is 19.1. The van der Waals surface area contributed by atoms with E-state index >= 15 is 0 Å². The molecule has 3 aromatic rings. The Balaban J connectivity index is 1.55. The normalized spacial score (nSPS) is 10.3. The highest BCUT2D eigenvalue weighted by Crippen LogP contribution is 2.07. The smallest absolute Gasteiger partial charge is 0.270 e. The Morgan fingerprint density at radius 3 is 2.50 bits per heavy atom. The summed E-state index contributed by atoms with van der Waals surface area (Å²) >= 11 is 0. The van der Waals surface area contributed by atoms with Crippen LogP contribution in [0.3, 0.4) is 0 Å². The van der Waals surface area contributed by atoms with Gasteiger partial charge in [0.2, 0.25) is 0 Å². The lowest BCUT2D eigenvalue weighted by Gasteiger charge is -2.08. The van der Waals surface area contributed by atoms with Gasteiger partial charge in [-0.15, -0.1) is 0 Å². The molecule has 0 saturated heterocycles. The molecule has 2 aromatic heterocycles. The zero-order chi connectivity index (χ0) is 19.8. The number of carbonyl (C=O) groups is 2. The molecule has 0 unspecified atom stereocenters. The van der Waals surface area contributed by atoms with Crippen LogP contribution in [-0.4, -0.2) is 28.3 Å². The molecule has 2 heterocycles. The topological polar surface area (TPSA) is 84.0 Å². The lowest BCUT2D eigenvalue weighted by Crippen LogP contribution is -2.27. The predicted molar refractivity (Wildman–Crippen MR) is 102 cm³/mol. The Bertz CT molecular complexity index is 963. The van der Waals surface area contributed by atoms with Crippen molar-refractivity contribution in [1.82, 2.24) is 20.6 Å². The second kappa shape index (κ2) is 9.36. The van der Waals surface area contributed by atoms with Gasteiger partial charge in [-0.25, -0.2) is 4.39 Å². The Morgan fingerprint density at radius 2 is 1.71 bits per heavy atom. The van der Waals surface area contributed by atoms with Gasteiger partial charge in [0, 0.05) is 24.5 Å². The molecule has 0 atom stereocenters. The molecular formula is C21H19FN4O2. The molecule has 0 saturated carbocycles. The van der Waals surface area contributed by atoms with Crippen LogP contribution >= 0.6 is 0 Å². The van der Waals surface area contributed by atoms with Gasteiger partial charge in [0.15, 0.2) is 0 Å². The number of hydrogen-bond donors (Lipinski definition) is 2. The van der Waals surface area contributed by atoms with E-state index in [0.717, 1.165) is 5.69 Å². The summed E-state index contributed by atoms with van der Waals surface area (Å²) in [7, 11) is 0. The fourth-order valence-electron chi connectivity index (χ4n) is 2.57. The van der Waals surface area contributed by atoms with E-state index in [1.54, 1.807) is 36.5 Å². The van der Waals surface area contributed by atoms with Crippen molar-refractivity contribution in [2.75, 3.05) is 6.54 Å². The maximum Gasteiger partial charge on any atom is 0.270 e. The van der Waals surface area contributed by atoms with E-state index in [9.17, 15) is 14.0 Å². The summed E-state index contributed by atoms with van der Waals surface area (Å²) in [5, 5.41) is 5.44. The number of rotatable bonds is 7. The van der Waals surface area contributed by atoms with Crippen molar-refractivity contribution in [2.45, 2.75) is 13.0 Å². The molecule has 0 aliphatic rings. The number of halogens is 1. The molecule has 2 amide bonds. The van der Waals surface area contributed by atoms with E-state index < -0.39 is 5.91 Å². The fourth-order valence-corrected chi connectivity index (χ4v) is 2.57. The number of pyridine rings is 2. The number of hydrogen-bond acceptors (Lipinski definition) is 4. The molecule has 0 radical (unpaired) electrons. The van der Waals surface area contributed by atoms with Crippen molar-refractivity contribution in [3.63, 3.8) is 0 Å². The average molecular weight is 378 g/mol. The van der Waals surface area contributed by atoms with Crippen LogP contribution in [0.1, 0.15) is 32.1 Å². The van der Waals surface area contributed by atoms with Gasteiger partial charge in [-0.2, -0.15) is 0 Å². The van der Waals surface area contributed by atoms with Crippen molar-refractivity contribution in [3.05, 3.63) is 95.3 Å². The van der Waals surface area contributed by atoms with E-state index in [4.69, 9.17) is 0 Å². The number of nitrogens with zero attached hydrogens (tertiary/aromatic N) is 2. The molecular weight excluding hydrogens is 359 g/mol. The minimum atomic E-state index is -0.397. The predicted octanol–water partition coefficient (Wildman–Crippen LogP) is 2.52. The van der Waals surface area contributed by atoms with Gasteiger partial charge in [0.05, 0.1) is 12.2 Å². The van der Waals surface area contributed by atoms with Crippen LogP contribution in [0.4, 0.5) is 4.39 Å².